The Morgan fingerprint density at radius 1 is 1.16 bits per heavy atom. The highest BCUT2D eigenvalue weighted by Gasteiger charge is 2.25. The van der Waals surface area contributed by atoms with Gasteiger partial charge < -0.3 is 14.6 Å². The molecule has 31 heavy (non-hydrogen) atoms. The van der Waals surface area contributed by atoms with Crippen molar-refractivity contribution < 1.29 is 33.4 Å². The molecule has 0 radical (unpaired) electrons. The van der Waals surface area contributed by atoms with Gasteiger partial charge in [-0.15, -0.1) is 0 Å². The summed E-state index contributed by atoms with van der Waals surface area (Å²) >= 11 is 3.83. The van der Waals surface area contributed by atoms with Gasteiger partial charge in [-0.25, -0.2) is 9.18 Å². The first-order valence-electron chi connectivity index (χ1n) is 9.54. The van der Waals surface area contributed by atoms with E-state index >= 15 is 0 Å². The number of hydrogen-bond acceptors (Lipinski definition) is 7. The van der Waals surface area contributed by atoms with E-state index in [1.807, 2.05) is 0 Å². The van der Waals surface area contributed by atoms with Gasteiger partial charge in [-0.2, -0.15) is 12.6 Å². The maximum atomic E-state index is 13.9. The summed E-state index contributed by atoms with van der Waals surface area (Å²) in [5.74, 6) is -2.34. The average molecular weight is 450 g/mol. The summed E-state index contributed by atoms with van der Waals surface area (Å²) in [6, 6.07) is 9.99. The predicted molar refractivity (Wildman–Crippen MR) is 116 cm³/mol. The fourth-order valence-corrected chi connectivity index (χ4v) is 2.91. The number of aromatic hydroxyl groups is 1. The zero-order valence-corrected chi connectivity index (χ0v) is 18.0. The summed E-state index contributed by atoms with van der Waals surface area (Å²) in [6.45, 7) is 3.28. The quantitative estimate of drug-likeness (QED) is 0.296. The summed E-state index contributed by atoms with van der Waals surface area (Å²) in [5, 5.41) is 12.0. The van der Waals surface area contributed by atoms with Crippen molar-refractivity contribution in [1.82, 2.24) is 0 Å². The molecule has 7 nitrogen and oxygen atoms in total. The molecule has 0 aromatic heterocycles. The predicted octanol–water partition coefficient (Wildman–Crippen LogP) is 4.52. The number of carbonyl (C=O) groups excluding carboxylic acids is 3. The number of ether oxygens (including phenoxy) is 2. The smallest absolute Gasteiger partial charge is 0.412 e. The number of phenols is 1. The van der Waals surface area contributed by atoms with Gasteiger partial charge in [-0.1, -0.05) is 13.0 Å². The zero-order chi connectivity index (χ0) is 23.0. The van der Waals surface area contributed by atoms with E-state index in [9.17, 15) is 23.9 Å². The third kappa shape index (κ3) is 7.29. The number of nitrogens with one attached hydrogen (secondary N) is 1. The lowest BCUT2D eigenvalue weighted by Gasteiger charge is -2.25. The van der Waals surface area contributed by atoms with Gasteiger partial charge in [0.15, 0.2) is 17.3 Å². The molecule has 0 spiro atoms. The van der Waals surface area contributed by atoms with Crippen LogP contribution in [0.25, 0.3) is 0 Å². The number of benzene rings is 2. The first-order chi connectivity index (χ1) is 14.7. The van der Waals surface area contributed by atoms with Gasteiger partial charge in [-0.05, 0) is 55.3 Å². The monoisotopic (exact) mass is 449 g/mol. The van der Waals surface area contributed by atoms with Crippen molar-refractivity contribution in [2.75, 3.05) is 17.7 Å². The van der Waals surface area contributed by atoms with Crippen molar-refractivity contribution in [3.63, 3.8) is 0 Å². The average Bonchev–Trinajstić information content (AvgIpc) is 2.74. The number of amides is 1. The maximum Gasteiger partial charge on any atom is 0.412 e. The summed E-state index contributed by atoms with van der Waals surface area (Å²) < 4.78 is 24.4. The zero-order valence-electron chi connectivity index (χ0n) is 17.1. The molecule has 2 rings (SSSR count). The van der Waals surface area contributed by atoms with Crippen LogP contribution in [-0.2, 0) is 14.3 Å². The molecule has 0 unspecified atom stereocenters. The van der Waals surface area contributed by atoms with Gasteiger partial charge in [0, 0.05) is 17.2 Å². The number of thiol groups is 1. The van der Waals surface area contributed by atoms with Crippen molar-refractivity contribution in [2.24, 2.45) is 5.92 Å². The second-order valence-corrected chi connectivity index (χ2v) is 7.26. The highest BCUT2D eigenvalue weighted by molar-refractivity contribution is 7.81. The van der Waals surface area contributed by atoms with Gasteiger partial charge in [0.05, 0.1) is 12.4 Å². The molecular weight excluding hydrogens is 425 g/mol. The van der Waals surface area contributed by atoms with Crippen LogP contribution in [0.4, 0.5) is 14.9 Å². The van der Waals surface area contributed by atoms with E-state index in [1.54, 1.807) is 31.2 Å². The van der Waals surface area contributed by atoms with E-state index in [0.717, 1.165) is 6.07 Å². The summed E-state index contributed by atoms with van der Waals surface area (Å²) in [5.41, 5.74) is 1.26. The minimum absolute atomic E-state index is 0.0533. The molecule has 0 aliphatic rings. The molecule has 0 fully saturated rings. The van der Waals surface area contributed by atoms with Crippen LogP contribution in [-0.4, -0.2) is 35.3 Å². The first-order valence-corrected chi connectivity index (χ1v) is 10.2. The Kier molecular flexibility index (Phi) is 8.87. The molecule has 0 aliphatic heterocycles. The van der Waals surface area contributed by atoms with Crippen LogP contribution in [0.5, 0.6) is 5.75 Å². The van der Waals surface area contributed by atoms with Gasteiger partial charge in [0.1, 0.15) is 6.10 Å². The van der Waals surface area contributed by atoms with Crippen LogP contribution in [0.1, 0.15) is 42.3 Å². The largest absolute Gasteiger partial charge is 0.505 e. The van der Waals surface area contributed by atoms with Crippen molar-refractivity contribution in [3.8, 4) is 5.75 Å². The molecule has 1 amide bonds. The molecule has 2 aromatic carbocycles. The topological polar surface area (TPSA) is 102 Å². The van der Waals surface area contributed by atoms with Gasteiger partial charge in [-0.3, -0.25) is 14.9 Å². The Bertz CT molecular complexity index is 934. The van der Waals surface area contributed by atoms with E-state index in [0.29, 0.717) is 23.2 Å². The van der Waals surface area contributed by atoms with Crippen LogP contribution < -0.4 is 5.32 Å². The number of phenolic OH excluding ortho intramolecular Hbond substituents is 1. The summed E-state index contributed by atoms with van der Waals surface area (Å²) in [6.07, 6.45) is -1.32. The number of carbonyl (C=O) groups is 3. The van der Waals surface area contributed by atoms with Crippen molar-refractivity contribution in [1.29, 1.82) is 0 Å². The number of ketones is 1. The third-order valence-corrected chi connectivity index (χ3v) is 4.81. The summed E-state index contributed by atoms with van der Waals surface area (Å²) in [7, 11) is 0. The molecule has 2 aromatic rings. The highest BCUT2D eigenvalue weighted by Crippen LogP contribution is 2.31. The second kappa shape index (κ2) is 11.4. The van der Waals surface area contributed by atoms with Gasteiger partial charge in [0.25, 0.3) is 0 Å². The number of halogens is 1. The maximum absolute atomic E-state index is 13.9. The summed E-state index contributed by atoms with van der Waals surface area (Å²) in [4.78, 5) is 35.1. The lowest BCUT2D eigenvalue weighted by Crippen LogP contribution is -2.23. The molecule has 166 valence electrons. The molecule has 9 heteroatoms. The van der Waals surface area contributed by atoms with Crippen molar-refractivity contribution >= 4 is 36.2 Å². The molecule has 0 bridgehead atoms. The number of Topliss-reactive ketones (excluding diaryl/α,β-unsaturated/α-hetero) is 1. The molecule has 0 heterocycles. The number of anilines is 1. The normalized spacial score (nSPS) is 12.5. The van der Waals surface area contributed by atoms with E-state index < -0.39 is 29.7 Å². The van der Waals surface area contributed by atoms with E-state index in [-0.39, 0.29) is 24.1 Å². The molecular formula is C22H24FNO6S. The van der Waals surface area contributed by atoms with Gasteiger partial charge in [0.2, 0.25) is 0 Å². The third-order valence-electron chi connectivity index (χ3n) is 4.55. The van der Waals surface area contributed by atoms with E-state index in [4.69, 9.17) is 9.47 Å². The Labute approximate surface area is 185 Å². The Balaban J connectivity index is 2.12. The molecule has 2 atom stereocenters. The van der Waals surface area contributed by atoms with Crippen molar-refractivity contribution in [3.05, 3.63) is 59.4 Å². The Morgan fingerprint density at radius 2 is 1.84 bits per heavy atom. The van der Waals surface area contributed by atoms with Gasteiger partial charge >= 0.3 is 12.1 Å². The van der Waals surface area contributed by atoms with Crippen molar-refractivity contribution in [2.45, 2.75) is 26.4 Å². The van der Waals surface area contributed by atoms with E-state index in [1.165, 1.54) is 19.1 Å². The lowest BCUT2D eigenvalue weighted by molar-refractivity contribution is -0.141. The minimum Gasteiger partial charge on any atom is -0.505 e. The van der Waals surface area contributed by atoms with Crippen LogP contribution in [0.2, 0.25) is 0 Å². The second-order valence-electron chi connectivity index (χ2n) is 6.94. The number of esters is 1. The van der Waals surface area contributed by atoms with Crippen LogP contribution >= 0.6 is 12.6 Å². The first kappa shape index (κ1) is 24.2. The molecule has 0 saturated heterocycles. The molecule has 0 saturated carbocycles. The number of rotatable bonds is 9. The lowest BCUT2D eigenvalue weighted by atomic mass is 9.94. The number of hydrogen-bond donors (Lipinski definition) is 3. The minimum atomic E-state index is -0.874. The van der Waals surface area contributed by atoms with Crippen LogP contribution in [0.3, 0.4) is 0 Å². The highest BCUT2D eigenvalue weighted by atomic mass is 32.1. The van der Waals surface area contributed by atoms with Crippen LogP contribution in [0, 0.1) is 11.7 Å². The standard InChI is InChI=1S/C22H24FNO6S/c1-13(9-10-29-20(27)12-31)21(16-5-8-19(26)18(23)11-16)30-22(28)24-17-6-3-15(4-7-17)14(2)25/h3-8,11,13,21,26,31H,9-10,12H2,1-2H3,(H,24,28)/t13-,21+/m1/s1. The Hall–Kier alpha value is -3.07. The molecule has 0 aliphatic carbocycles. The fraction of sp³-hybridized carbons (Fsp3) is 0.318. The van der Waals surface area contributed by atoms with E-state index in [2.05, 4.69) is 17.9 Å². The van der Waals surface area contributed by atoms with Crippen LogP contribution in [0.15, 0.2) is 42.5 Å². The SMILES string of the molecule is CC(=O)c1ccc(NC(=O)O[C@H](c2ccc(O)c(F)c2)[C@H](C)CCOC(=O)CS)cc1. The fourth-order valence-electron chi connectivity index (χ4n) is 2.82. The Morgan fingerprint density at radius 3 is 2.42 bits per heavy atom. The molecule has 2 N–H and O–H groups in total.